The lowest BCUT2D eigenvalue weighted by molar-refractivity contribution is 0.247. The highest BCUT2D eigenvalue weighted by Gasteiger charge is 2.16. The number of carbonyl (C=O) groups is 1. The second-order valence-electron chi connectivity index (χ2n) is 5.76. The first-order chi connectivity index (χ1) is 12.1. The number of carbonyl (C=O) groups excluding carboxylic acids is 1. The minimum atomic E-state index is -0.338. The van der Waals surface area contributed by atoms with Crippen LogP contribution in [0.2, 0.25) is 0 Å². The van der Waals surface area contributed by atoms with Crippen LogP contribution in [0.3, 0.4) is 0 Å². The van der Waals surface area contributed by atoms with Gasteiger partial charge in [-0.15, -0.1) is 5.10 Å². The summed E-state index contributed by atoms with van der Waals surface area (Å²) in [5.74, 6) is 1.85. The predicted molar refractivity (Wildman–Crippen MR) is 94.0 cm³/mol. The summed E-state index contributed by atoms with van der Waals surface area (Å²) in [7, 11) is 0. The molecule has 2 heterocycles. The summed E-state index contributed by atoms with van der Waals surface area (Å²) in [6.07, 6.45) is 4.45. The Labute approximate surface area is 145 Å². The van der Waals surface area contributed by atoms with Gasteiger partial charge in [-0.3, -0.25) is 10.4 Å². The zero-order chi connectivity index (χ0) is 17.6. The van der Waals surface area contributed by atoms with Crippen molar-refractivity contribution in [3.63, 3.8) is 0 Å². The van der Waals surface area contributed by atoms with Crippen molar-refractivity contribution in [2.45, 2.75) is 32.9 Å². The van der Waals surface area contributed by atoms with Crippen molar-refractivity contribution in [1.82, 2.24) is 30.0 Å². The maximum absolute atomic E-state index is 12.3. The molecule has 1 aromatic carbocycles. The van der Waals surface area contributed by atoms with Gasteiger partial charge in [-0.1, -0.05) is 30.3 Å². The molecule has 0 saturated carbocycles. The van der Waals surface area contributed by atoms with E-state index in [4.69, 9.17) is 0 Å². The Kier molecular flexibility index (Phi) is 5.08. The van der Waals surface area contributed by atoms with Crippen molar-refractivity contribution in [3.8, 4) is 0 Å². The third-order valence-electron chi connectivity index (χ3n) is 3.91. The zero-order valence-electron chi connectivity index (χ0n) is 14.2. The molecule has 1 atom stereocenters. The average Bonchev–Trinajstić information content (AvgIpc) is 3.20. The lowest BCUT2D eigenvalue weighted by atomic mass is 10.0. The predicted octanol–water partition coefficient (Wildman–Crippen LogP) is 2.57. The van der Waals surface area contributed by atoms with Crippen LogP contribution in [0.5, 0.6) is 0 Å². The number of urea groups is 1. The molecule has 130 valence electrons. The van der Waals surface area contributed by atoms with Gasteiger partial charge in [-0.25, -0.2) is 9.78 Å². The van der Waals surface area contributed by atoms with Crippen LogP contribution in [0.1, 0.15) is 29.7 Å². The summed E-state index contributed by atoms with van der Waals surface area (Å²) in [6, 6.07) is 9.41. The minimum Gasteiger partial charge on any atom is -0.335 e. The van der Waals surface area contributed by atoms with E-state index in [1.54, 1.807) is 13.1 Å². The topological polar surface area (TPSA) is 101 Å². The molecule has 0 radical (unpaired) electrons. The normalized spacial score (nSPS) is 11.9. The van der Waals surface area contributed by atoms with Gasteiger partial charge in [-0.2, -0.15) is 4.98 Å². The van der Waals surface area contributed by atoms with E-state index in [0.29, 0.717) is 5.82 Å². The van der Waals surface area contributed by atoms with Crippen LogP contribution in [-0.4, -0.2) is 30.8 Å². The molecule has 0 aliphatic rings. The van der Waals surface area contributed by atoms with Crippen LogP contribution in [0, 0.1) is 13.8 Å². The molecule has 3 rings (SSSR count). The smallest absolute Gasteiger partial charge is 0.322 e. The number of benzene rings is 1. The monoisotopic (exact) mass is 339 g/mol. The molecule has 1 unspecified atom stereocenters. The maximum Gasteiger partial charge on any atom is 0.322 e. The van der Waals surface area contributed by atoms with Crippen LogP contribution in [-0.2, 0) is 6.54 Å². The number of imidazole rings is 1. The number of nitrogens with one attached hydrogen (secondary N) is 3. The fraction of sp³-hybridized carbons (Fsp3) is 0.294. The highest BCUT2D eigenvalue weighted by molar-refractivity contribution is 5.87. The third-order valence-corrected chi connectivity index (χ3v) is 3.91. The zero-order valence-corrected chi connectivity index (χ0v) is 14.2. The van der Waals surface area contributed by atoms with Gasteiger partial charge in [0.15, 0.2) is 0 Å². The summed E-state index contributed by atoms with van der Waals surface area (Å²) < 4.78 is 2.06. The number of aromatic amines is 1. The molecule has 8 nitrogen and oxygen atoms in total. The molecular weight excluding hydrogens is 318 g/mol. The van der Waals surface area contributed by atoms with Crippen molar-refractivity contribution in [2.75, 3.05) is 5.32 Å². The van der Waals surface area contributed by atoms with Crippen molar-refractivity contribution in [1.29, 1.82) is 0 Å². The number of anilines is 1. The Hall–Kier alpha value is -3.16. The van der Waals surface area contributed by atoms with E-state index >= 15 is 0 Å². The van der Waals surface area contributed by atoms with Crippen LogP contribution < -0.4 is 10.6 Å². The Morgan fingerprint density at radius 2 is 2.08 bits per heavy atom. The number of H-pyrrole nitrogens is 1. The highest BCUT2D eigenvalue weighted by Crippen LogP contribution is 2.18. The number of amides is 2. The van der Waals surface area contributed by atoms with E-state index in [9.17, 15) is 4.79 Å². The standard InChI is InChI=1S/C17H21N7O/c1-12-19-16(23-22-12)21-17(25)20-15(14-6-4-3-5-7-14)8-10-24-11-9-18-13(24)2/h3-7,9,11,15H,8,10H2,1-2H3,(H3,19,20,21,22,23,25). The van der Waals surface area contributed by atoms with Gasteiger partial charge < -0.3 is 9.88 Å². The molecule has 25 heavy (non-hydrogen) atoms. The number of aromatic nitrogens is 5. The highest BCUT2D eigenvalue weighted by atomic mass is 16.2. The van der Waals surface area contributed by atoms with E-state index in [-0.39, 0.29) is 18.0 Å². The molecule has 0 spiro atoms. The van der Waals surface area contributed by atoms with E-state index in [1.165, 1.54) is 0 Å². The van der Waals surface area contributed by atoms with Crippen molar-refractivity contribution in [2.24, 2.45) is 0 Å². The van der Waals surface area contributed by atoms with Crippen LogP contribution in [0.15, 0.2) is 42.7 Å². The molecule has 8 heteroatoms. The Balaban J connectivity index is 1.67. The third kappa shape index (κ3) is 4.43. The van der Waals surface area contributed by atoms with Gasteiger partial charge in [0, 0.05) is 18.9 Å². The number of nitrogens with zero attached hydrogens (tertiary/aromatic N) is 4. The Bertz CT molecular complexity index is 824. The van der Waals surface area contributed by atoms with E-state index in [1.807, 2.05) is 43.5 Å². The molecule has 2 aromatic heterocycles. The van der Waals surface area contributed by atoms with Gasteiger partial charge in [0.25, 0.3) is 0 Å². The molecule has 0 aliphatic carbocycles. The molecule has 0 fully saturated rings. The van der Waals surface area contributed by atoms with E-state index < -0.39 is 0 Å². The molecule has 0 aliphatic heterocycles. The van der Waals surface area contributed by atoms with Gasteiger partial charge in [-0.05, 0) is 25.8 Å². The summed E-state index contributed by atoms with van der Waals surface area (Å²) in [5.41, 5.74) is 1.04. The largest absolute Gasteiger partial charge is 0.335 e. The molecule has 2 amide bonds. The number of hydrogen-bond donors (Lipinski definition) is 3. The number of hydrogen-bond acceptors (Lipinski definition) is 4. The lowest BCUT2D eigenvalue weighted by Gasteiger charge is -2.19. The molecule has 0 saturated heterocycles. The number of aryl methyl sites for hydroxylation is 3. The van der Waals surface area contributed by atoms with Crippen molar-refractivity contribution < 1.29 is 4.79 Å². The first kappa shape index (κ1) is 16.7. The van der Waals surface area contributed by atoms with Crippen LogP contribution >= 0.6 is 0 Å². The second kappa shape index (κ2) is 7.61. The molecule has 3 N–H and O–H groups in total. The Morgan fingerprint density at radius 1 is 1.28 bits per heavy atom. The van der Waals surface area contributed by atoms with Crippen LogP contribution in [0.25, 0.3) is 0 Å². The summed E-state index contributed by atoms with van der Waals surface area (Å²) in [4.78, 5) is 20.6. The fourth-order valence-electron chi connectivity index (χ4n) is 2.61. The fourth-order valence-corrected chi connectivity index (χ4v) is 2.61. The van der Waals surface area contributed by atoms with Crippen LogP contribution in [0.4, 0.5) is 10.7 Å². The Morgan fingerprint density at radius 3 is 2.72 bits per heavy atom. The lowest BCUT2D eigenvalue weighted by Crippen LogP contribution is -2.33. The van der Waals surface area contributed by atoms with Gasteiger partial charge >= 0.3 is 6.03 Å². The maximum atomic E-state index is 12.3. The average molecular weight is 339 g/mol. The van der Waals surface area contributed by atoms with E-state index in [2.05, 4.69) is 35.4 Å². The summed E-state index contributed by atoms with van der Waals surface area (Å²) >= 11 is 0. The first-order valence-electron chi connectivity index (χ1n) is 8.11. The molecule has 3 aromatic rings. The summed E-state index contributed by atoms with van der Waals surface area (Å²) in [6.45, 7) is 4.49. The molecular formula is C17H21N7O. The van der Waals surface area contributed by atoms with Crippen molar-refractivity contribution >= 4 is 12.0 Å². The minimum absolute atomic E-state index is 0.136. The first-order valence-corrected chi connectivity index (χ1v) is 8.11. The van der Waals surface area contributed by atoms with Gasteiger partial charge in [0.2, 0.25) is 5.95 Å². The molecule has 0 bridgehead atoms. The second-order valence-corrected chi connectivity index (χ2v) is 5.76. The quantitative estimate of drug-likeness (QED) is 0.642. The van der Waals surface area contributed by atoms with Gasteiger partial charge in [0.05, 0.1) is 6.04 Å². The summed E-state index contributed by atoms with van der Waals surface area (Å²) in [5, 5.41) is 12.2. The number of rotatable bonds is 6. The van der Waals surface area contributed by atoms with Gasteiger partial charge in [0.1, 0.15) is 11.6 Å². The van der Waals surface area contributed by atoms with E-state index in [0.717, 1.165) is 24.4 Å². The SMILES string of the molecule is Cc1nc(NC(=O)NC(CCn2ccnc2C)c2ccccc2)n[nH]1. The van der Waals surface area contributed by atoms with Crippen molar-refractivity contribution in [3.05, 3.63) is 59.9 Å².